The van der Waals surface area contributed by atoms with E-state index in [9.17, 15) is 9.59 Å². The van der Waals surface area contributed by atoms with E-state index < -0.39 is 0 Å². The number of unbranched alkanes of at least 4 members (excludes halogenated alkanes) is 1. The zero-order valence-electron chi connectivity index (χ0n) is 24.1. The molecule has 0 heterocycles. The number of ether oxygens (including phenoxy) is 3. The van der Waals surface area contributed by atoms with Crippen molar-refractivity contribution in [2.45, 2.75) is 65.9 Å². The maximum atomic E-state index is 12.0. The van der Waals surface area contributed by atoms with Crippen molar-refractivity contribution in [3.05, 3.63) is 107 Å². The van der Waals surface area contributed by atoms with Crippen LogP contribution >= 0.6 is 0 Å². The maximum absolute atomic E-state index is 12.0. The first-order chi connectivity index (χ1) is 19.5. The lowest BCUT2D eigenvalue weighted by Crippen LogP contribution is -2.06. The van der Waals surface area contributed by atoms with Crippen LogP contribution in [0.15, 0.2) is 78.9 Å². The van der Waals surface area contributed by atoms with Gasteiger partial charge in [-0.2, -0.15) is 0 Å². The normalized spacial score (nSPS) is 11.8. The molecule has 0 spiro atoms. The number of aryl methyl sites for hydroxylation is 1. The van der Waals surface area contributed by atoms with Gasteiger partial charge in [0.25, 0.3) is 0 Å². The van der Waals surface area contributed by atoms with Crippen molar-refractivity contribution in [2.24, 2.45) is 5.92 Å². The summed E-state index contributed by atoms with van der Waals surface area (Å²) in [4.78, 5) is 23.8. The van der Waals surface area contributed by atoms with Gasteiger partial charge in [-0.1, -0.05) is 80.1 Å². The Labute approximate surface area is 239 Å². The molecule has 40 heavy (non-hydrogen) atoms. The molecule has 0 radical (unpaired) electrons. The predicted octanol–water partition coefficient (Wildman–Crippen LogP) is 8.00. The van der Waals surface area contributed by atoms with Crippen LogP contribution in [0.25, 0.3) is 6.08 Å². The highest BCUT2D eigenvalue weighted by Crippen LogP contribution is 2.24. The van der Waals surface area contributed by atoms with Crippen LogP contribution < -0.4 is 4.74 Å². The molecule has 0 aliphatic rings. The molecule has 0 aliphatic carbocycles. The zero-order valence-corrected chi connectivity index (χ0v) is 24.1. The molecule has 3 aromatic carbocycles. The molecular formula is C35H42O5. The molecule has 0 amide bonds. The second kappa shape index (κ2) is 17.0. The van der Waals surface area contributed by atoms with Gasteiger partial charge >= 0.3 is 11.9 Å². The summed E-state index contributed by atoms with van der Waals surface area (Å²) in [5.74, 6) is 0.658. The van der Waals surface area contributed by atoms with Crippen LogP contribution in [0.3, 0.4) is 0 Å². The average Bonchev–Trinajstić information content (AvgIpc) is 2.98. The van der Waals surface area contributed by atoms with Gasteiger partial charge in [0, 0.05) is 12.0 Å². The Morgan fingerprint density at radius 2 is 1.45 bits per heavy atom. The molecule has 0 fully saturated rings. The van der Waals surface area contributed by atoms with Gasteiger partial charge in [-0.05, 0) is 80.3 Å². The number of rotatable bonds is 16. The molecule has 3 aromatic rings. The van der Waals surface area contributed by atoms with Crippen molar-refractivity contribution >= 4 is 18.0 Å². The van der Waals surface area contributed by atoms with Gasteiger partial charge in [-0.3, -0.25) is 4.79 Å². The highest BCUT2D eigenvalue weighted by molar-refractivity contribution is 5.89. The Morgan fingerprint density at radius 3 is 2.15 bits per heavy atom. The van der Waals surface area contributed by atoms with Gasteiger partial charge in [-0.25, -0.2) is 4.79 Å². The van der Waals surface area contributed by atoms with E-state index in [1.807, 2.05) is 49.4 Å². The third kappa shape index (κ3) is 10.4. The minimum absolute atomic E-state index is 0.139. The van der Waals surface area contributed by atoms with E-state index in [1.54, 1.807) is 6.92 Å². The van der Waals surface area contributed by atoms with E-state index in [2.05, 4.69) is 49.4 Å². The van der Waals surface area contributed by atoms with Crippen LogP contribution in [-0.2, 0) is 33.7 Å². The smallest absolute Gasteiger partial charge is 0.338 e. The van der Waals surface area contributed by atoms with E-state index in [4.69, 9.17) is 14.2 Å². The number of hydrogen-bond acceptors (Lipinski definition) is 5. The first-order valence-electron chi connectivity index (χ1n) is 14.4. The van der Waals surface area contributed by atoms with Crippen LogP contribution in [-0.4, -0.2) is 25.2 Å². The minimum Gasteiger partial charge on any atom is -0.488 e. The Hall–Kier alpha value is -3.86. The van der Waals surface area contributed by atoms with Crippen LogP contribution in [0, 0.1) is 5.92 Å². The Balaban J connectivity index is 1.69. The third-order valence-corrected chi connectivity index (χ3v) is 6.77. The summed E-state index contributed by atoms with van der Waals surface area (Å²) in [5, 5.41) is 0. The molecule has 0 bridgehead atoms. The predicted molar refractivity (Wildman–Crippen MR) is 160 cm³/mol. The number of carbonyl (C=O) groups excluding carboxylic acids is 2. The van der Waals surface area contributed by atoms with Gasteiger partial charge in [0.05, 0.1) is 18.8 Å². The molecule has 1 atom stereocenters. The topological polar surface area (TPSA) is 61.8 Å². The van der Waals surface area contributed by atoms with Gasteiger partial charge in [0.1, 0.15) is 12.4 Å². The summed E-state index contributed by atoms with van der Waals surface area (Å²) in [5.41, 5.74) is 5.19. The molecule has 5 heteroatoms. The van der Waals surface area contributed by atoms with Gasteiger partial charge in [0.15, 0.2) is 0 Å². The largest absolute Gasteiger partial charge is 0.488 e. The highest BCUT2D eigenvalue weighted by Gasteiger charge is 2.11. The lowest BCUT2D eigenvalue weighted by molar-refractivity contribution is -0.143. The van der Waals surface area contributed by atoms with E-state index in [1.165, 1.54) is 5.56 Å². The lowest BCUT2D eigenvalue weighted by atomic mass is 9.92. The SMILES string of the molecule is CCOC(=O)CCCCC(C=Cc1ccccc1OCc1ccc(CC)cc1)Cc1ccc(C(=O)OCC)cc1. The van der Waals surface area contributed by atoms with E-state index in [-0.39, 0.29) is 17.9 Å². The molecule has 1 unspecified atom stereocenters. The van der Waals surface area contributed by atoms with Crippen molar-refractivity contribution in [3.63, 3.8) is 0 Å². The van der Waals surface area contributed by atoms with E-state index in [0.29, 0.717) is 31.8 Å². The fraction of sp³-hybridized carbons (Fsp3) is 0.371. The first kappa shape index (κ1) is 30.7. The van der Waals surface area contributed by atoms with Crippen molar-refractivity contribution in [1.29, 1.82) is 0 Å². The Morgan fingerprint density at radius 1 is 0.775 bits per heavy atom. The summed E-state index contributed by atoms with van der Waals surface area (Å²) in [7, 11) is 0. The average molecular weight is 543 g/mol. The van der Waals surface area contributed by atoms with Gasteiger partial charge in [-0.15, -0.1) is 0 Å². The van der Waals surface area contributed by atoms with Crippen LogP contribution in [0.1, 0.15) is 79.1 Å². The molecule has 0 N–H and O–H groups in total. The molecule has 0 aliphatic heterocycles. The summed E-state index contributed by atoms with van der Waals surface area (Å²) in [6.45, 7) is 7.07. The fourth-order valence-electron chi connectivity index (χ4n) is 4.49. The Kier molecular flexibility index (Phi) is 13.0. The molecule has 0 saturated carbocycles. The van der Waals surface area contributed by atoms with Crippen molar-refractivity contribution in [1.82, 2.24) is 0 Å². The molecular weight excluding hydrogens is 500 g/mol. The Bertz CT molecular complexity index is 1210. The quantitative estimate of drug-likeness (QED) is 0.136. The van der Waals surface area contributed by atoms with Crippen molar-refractivity contribution in [3.8, 4) is 5.75 Å². The van der Waals surface area contributed by atoms with Crippen LogP contribution in [0.2, 0.25) is 0 Å². The first-order valence-corrected chi connectivity index (χ1v) is 14.4. The van der Waals surface area contributed by atoms with Crippen molar-refractivity contribution in [2.75, 3.05) is 13.2 Å². The van der Waals surface area contributed by atoms with Crippen LogP contribution in [0.4, 0.5) is 0 Å². The molecule has 212 valence electrons. The second-order valence-corrected chi connectivity index (χ2v) is 9.79. The van der Waals surface area contributed by atoms with E-state index >= 15 is 0 Å². The number of carbonyl (C=O) groups is 2. The zero-order chi connectivity index (χ0) is 28.6. The number of para-hydroxylation sites is 1. The van der Waals surface area contributed by atoms with E-state index in [0.717, 1.165) is 54.5 Å². The minimum atomic E-state index is -0.303. The van der Waals surface area contributed by atoms with Gasteiger partial charge in [0.2, 0.25) is 0 Å². The fourth-order valence-corrected chi connectivity index (χ4v) is 4.49. The number of benzene rings is 3. The monoisotopic (exact) mass is 542 g/mol. The second-order valence-electron chi connectivity index (χ2n) is 9.79. The number of hydrogen-bond donors (Lipinski definition) is 0. The summed E-state index contributed by atoms with van der Waals surface area (Å²) in [6, 6.07) is 24.3. The standard InChI is InChI=1S/C35H42O5/c1-4-27-15-17-30(18-16-27)26-40-33-13-9-8-12-31(33)22-19-28(11-7-10-14-34(36)38-5-2)25-29-20-23-32(24-21-29)35(37)39-6-3/h8-9,12-13,15-24,28H,4-7,10-11,14,25-26H2,1-3H3. The number of esters is 2. The molecule has 5 nitrogen and oxygen atoms in total. The molecule has 0 saturated heterocycles. The molecule has 3 rings (SSSR count). The maximum Gasteiger partial charge on any atom is 0.338 e. The van der Waals surface area contributed by atoms with Crippen LogP contribution in [0.5, 0.6) is 5.75 Å². The van der Waals surface area contributed by atoms with Gasteiger partial charge < -0.3 is 14.2 Å². The molecule has 0 aromatic heterocycles. The highest BCUT2D eigenvalue weighted by atomic mass is 16.5. The summed E-state index contributed by atoms with van der Waals surface area (Å²) >= 11 is 0. The number of allylic oxidation sites excluding steroid dienone is 1. The van der Waals surface area contributed by atoms with Crippen molar-refractivity contribution < 1.29 is 23.8 Å². The summed E-state index contributed by atoms with van der Waals surface area (Å²) in [6.07, 6.45) is 9.30. The lowest BCUT2D eigenvalue weighted by Gasteiger charge is -2.14. The third-order valence-electron chi connectivity index (χ3n) is 6.77. The summed E-state index contributed by atoms with van der Waals surface area (Å²) < 4.78 is 16.4.